The molecule has 1 amide bonds. The fraction of sp³-hybridized carbons (Fsp3) is 0.435. The molecule has 12 heteroatoms. The van der Waals surface area contributed by atoms with Crippen LogP contribution < -0.4 is 10.2 Å². The van der Waals surface area contributed by atoms with Crippen LogP contribution in [0, 0.1) is 6.92 Å². The van der Waals surface area contributed by atoms with Gasteiger partial charge in [-0.05, 0) is 43.5 Å². The van der Waals surface area contributed by atoms with Gasteiger partial charge in [0.25, 0.3) is 5.91 Å². The Bertz CT molecular complexity index is 1240. The van der Waals surface area contributed by atoms with Gasteiger partial charge in [-0.3, -0.25) is 14.5 Å². The van der Waals surface area contributed by atoms with Gasteiger partial charge in [0.1, 0.15) is 22.7 Å². The van der Waals surface area contributed by atoms with Gasteiger partial charge in [0.2, 0.25) is 0 Å². The predicted octanol–water partition coefficient (Wildman–Crippen LogP) is 3.02. The molecule has 0 fully saturated rings. The monoisotopic (exact) mass is 489 g/mol. The molecule has 3 aromatic rings. The molecule has 1 aliphatic rings. The van der Waals surface area contributed by atoms with E-state index in [9.17, 15) is 18.0 Å². The van der Waals surface area contributed by atoms with Crippen LogP contribution in [0.4, 0.5) is 24.7 Å². The highest BCUT2D eigenvalue weighted by atomic mass is 19.4. The fourth-order valence-corrected chi connectivity index (χ4v) is 3.99. The standard InChI is InChI=1S/C23H26F3N7O2/c1-14-19-20(32(3)22(2,13-35-4)21(34)31-19)30-18(29-14)6-5-16-10-28-33(12-16)11-15-7-8-27-17(9-15)23(24,25)26/h7-10,12H,5-6,11,13H2,1-4H3,(H,31,34)/t22-/m0/s1. The number of anilines is 2. The maximum Gasteiger partial charge on any atom is 0.433 e. The van der Waals surface area contributed by atoms with Crippen LogP contribution in [0.1, 0.15) is 35.3 Å². The third-order valence-electron chi connectivity index (χ3n) is 6.11. The van der Waals surface area contributed by atoms with Gasteiger partial charge in [0.05, 0.1) is 25.0 Å². The molecular weight excluding hydrogens is 463 g/mol. The number of rotatable bonds is 7. The largest absolute Gasteiger partial charge is 0.433 e. The first-order chi connectivity index (χ1) is 16.5. The lowest BCUT2D eigenvalue weighted by Gasteiger charge is -2.42. The summed E-state index contributed by atoms with van der Waals surface area (Å²) in [4.78, 5) is 27.1. The lowest BCUT2D eigenvalue weighted by atomic mass is 9.97. The minimum atomic E-state index is -4.49. The lowest BCUT2D eigenvalue weighted by molar-refractivity contribution is -0.141. The molecule has 35 heavy (non-hydrogen) atoms. The quantitative estimate of drug-likeness (QED) is 0.545. The van der Waals surface area contributed by atoms with Crippen molar-refractivity contribution in [3.05, 3.63) is 59.1 Å². The van der Waals surface area contributed by atoms with E-state index in [1.54, 1.807) is 38.2 Å². The van der Waals surface area contributed by atoms with E-state index >= 15 is 0 Å². The topological polar surface area (TPSA) is 98.1 Å². The highest BCUT2D eigenvalue weighted by Crippen LogP contribution is 2.36. The smallest absolute Gasteiger partial charge is 0.382 e. The van der Waals surface area contributed by atoms with Crippen LogP contribution in [0.2, 0.25) is 0 Å². The van der Waals surface area contributed by atoms with E-state index in [-0.39, 0.29) is 19.1 Å². The molecule has 1 N–H and O–H groups in total. The average Bonchev–Trinajstić information content (AvgIpc) is 3.24. The van der Waals surface area contributed by atoms with Gasteiger partial charge in [0, 0.05) is 33.0 Å². The third-order valence-corrected chi connectivity index (χ3v) is 6.11. The second-order valence-electron chi connectivity index (χ2n) is 8.74. The second kappa shape index (κ2) is 9.25. The number of aryl methyl sites for hydroxylation is 3. The van der Waals surface area contributed by atoms with Gasteiger partial charge in [-0.25, -0.2) is 9.97 Å². The molecule has 0 aromatic carbocycles. The van der Waals surface area contributed by atoms with Crippen molar-refractivity contribution in [1.29, 1.82) is 0 Å². The summed E-state index contributed by atoms with van der Waals surface area (Å²) in [7, 11) is 3.35. The van der Waals surface area contributed by atoms with Gasteiger partial charge in [-0.15, -0.1) is 0 Å². The summed E-state index contributed by atoms with van der Waals surface area (Å²) in [6.07, 6.45) is 1.25. The molecular formula is C23H26F3N7O2. The number of hydrogen-bond acceptors (Lipinski definition) is 7. The Labute approximate surface area is 200 Å². The van der Waals surface area contributed by atoms with Gasteiger partial charge in [0.15, 0.2) is 5.82 Å². The summed E-state index contributed by atoms with van der Waals surface area (Å²) in [6, 6.07) is 2.56. The molecule has 1 aliphatic heterocycles. The SMILES string of the molecule is COC[C@@]1(C)C(=O)Nc2c(C)nc(CCc3cnn(Cc4ccnc(C(F)(F)F)c4)c3)nc2N1C. The molecule has 9 nitrogen and oxygen atoms in total. The number of methoxy groups -OCH3 is 1. The molecule has 186 valence electrons. The Balaban J connectivity index is 1.47. The van der Waals surface area contributed by atoms with E-state index in [0.29, 0.717) is 41.4 Å². The molecule has 0 unspecified atom stereocenters. The van der Waals surface area contributed by atoms with Crippen molar-refractivity contribution in [3.8, 4) is 0 Å². The minimum absolute atomic E-state index is 0.183. The molecule has 0 spiro atoms. The molecule has 0 saturated carbocycles. The summed E-state index contributed by atoms with van der Waals surface area (Å²) < 4.78 is 45.6. The molecule has 3 aromatic heterocycles. The number of ether oxygens (including phenoxy) is 1. The molecule has 0 aliphatic carbocycles. The zero-order valence-electron chi connectivity index (χ0n) is 19.8. The maximum absolute atomic E-state index is 12.9. The minimum Gasteiger partial charge on any atom is -0.382 e. The number of nitrogens with zero attached hydrogens (tertiary/aromatic N) is 6. The Morgan fingerprint density at radius 3 is 2.69 bits per heavy atom. The summed E-state index contributed by atoms with van der Waals surface area (Å²) >= 11 is 0. The van der Waals surface area contributed by atoms with Crippen LogP contribution in [0.3, 0.4) is 0 Å². The summed E-state index contributed by atoms with van der Waals surface area (Å²) in [5.74, 6) is 1.05. The molecule has 4 rings (SSSR count). The van der Waals surface area contributed by atoms with E-state index in [1.807, 2.05) is 11.8 Å². The van der Waals surface area contributed by atoms with Crippen molar-refractivity contribution in [3.63, 3.8) is 0 Å². The van der Waals surface area contributed by atoms with E-state index in [4.69, 9.17) is 9.72 Å². The lowest BCUT2D eigenvalue weighted by Crippen LogP contribution is -2.59. The molecule has 4 heterocycles. The first-order valence-electron chi connectivity index (χ1n) is 11.0. The van der Waals surface area contributed by atoms with Crippen LogP contribution in [0.25, 0.3) is 0 Å². The summed E-state index contributed by atoms with van der Waals surface area (Å²) in [5.41, 5.74) is 0.779. The van der Waals surface area contributed by atoms with Crippen LogP contribution in [-0.4, -0.2) is 56.9 Å². The van der Waals surface area contributed by atoms with Crippen LogP contribution in [0.15, 0.2) is 30.7 Å². The van der Waals surface area contributed by atoms with Crippen LogP contribution in [-0.2, 0) is 35.1 Å². The van der Waals surface area contributed by atoms with Crippen LogP contribution in [0.5, 0.6) is 0 Å². The molecule has 0 saturated heterocycles. The number of pyridine rings is 1. The Kier molecular flexibility index (Phi) is 6.50. The highest BCUT2D eigenvalue weighted by Gasteiger charge is 2.44. The number of aromatic nitrogens is 5. The van der Waals surface area contributed by atoms with Crippen molar-refractivity contribution in [2.45, 2.75) is 44.9 Å². The maximum atomic E-state index is 12.9. The third kappa shape index (κ3) is 4.97. The number of carbonyl (C=O) groups excluding carboxylic acids is 1. The number of amides is 1. The zero-order valence-corrected chi connectivity index (χ0v) is 19.8. The van der Waals surface area contributed by atoms with Crippen LogP contribution >= 0.6 is 0 Å². The first-order valence-corrected chi connectivity index (χ1v) is 11.0. The van der Waals surface area contributed by atoms with E-state index < -0.39 is 17.4 Å². The Morgan fingerprint density at radius 2 is 1.97 bits per heavy atom. The first kappa shape index (κ1) is 24.6. The van der Waals surface area contributed by atoms with Crippen molar-refractivity contribution in [1.82, 2.24) is 24.7 Å². The van der Waals surface area contributed by atoms with Gasteiger partial charge in [-0.2, -0.15) is 18.3 Å². The van der Waals surface area contributed by atoms with Crippen molar-refractivity contribution < 1.29 is 22.7 Å². The van der Waals surface area contributed by atoms with Gasteiger partial charge >= 0.3 is 6.18 Å². The predicted molar refractivity (Wildman–Crippen MR) is 122 cm³/mol. The summed E-state index contributed by atoms with van der Waals surface area (Å²) in [5, 5.41) is 7.17. The molecule has 1 atom stereocenters. The number of likely N-dealkylation sites (N-methyl/N-ethyl adjacent to an activating group) is 1. The van der Waals surface area contributed by atoms with Crippen molar-refractivity contribution >= 4 is 17.4 Å². The van der Waals surface area contributed by atoms with E-state index in [2.05, 4.69) is 20.4 Å². The number of nitrogens with one attached hydrogen (secondary N) is 1. The Hall–Kier alpha value is -3.54. The Morgan fingerprint density at radius 1 is 1.20 bits per heavy atom. The van der Waals surface area contributed by atoms with Crippen molar-refractivity contribution in [2.75, 3.05) is 31.0 Å². The number of halogens is 3. The normalized spacial score (nSPS) is 17.9. The average molecular weight is 490 g/mol. The van der Waals surface area contributed by atoms with Gasteiger partial charge < -0.3 is 15.0 Å². The van der Waals surface area contributed by atoms with Crippen molar-refractivity contribution in [2.24, 2.45) is 0 Å². The summed E-state index contributed by atoms with van der Waals surface area (Å²) in [6.45, 7) is 4.01. The number of fused-ring (bicyclic) bond motifs is 1. The highest BCUT2D eigenvalue weighted by molar-refractivity contribution is 6.06. The number of carbonyl (C=O) groups is 1. The van der Waals surface area contributed by atoms with E-state index in [1.165, 1.54) is 6.07 Å². The number of alkyl halides is 3. The van der Waals surface area contributed by atoms with E-state index in [0.717, 1.165) is 17.8 Å². The zero-order chi connectivity index (χ0) is 25.4. The molecule has 0 bridgehead atoms. The number of hydrogen-bond donors (Lipinski definition) is 1. The second-order valence-corrected chi connectivity index (χ2v) is 8.74. The fourth-order valence-electron chi connectivity index (χ4n) is 3.99. The molecule has 0 radical (unpaired) electrons. The van der Waals surface area contributed by atoms with Gasteiger partial charge in [-0.1, -0.05) is 0 Å².